The molecule has 0 saturated carbocycles. The summed E-state index contributed by atoms with van der Waals surface area (Å²) >= 11 is 3.44. The van der Waals surface area contributed by atoms with E-state index in [1.807, 2.05) is 12.1 Å². The van der Waals surface area contributed by atoms with E-state index in [0.717, 1.165) is 42.9 Å². The second-order valence-electron chi connectivity index (χ2n) is 5.01. The summed E-state index contributed by atoms with van der Waals surface area (Å²) in [5, 5.41) is 12.9. The first-order chi connectivity index (χ1) is 9.69. The van der Waals surface area contributed by atoms with Gasteiger partial charge in [-0.1, -0.05) is 28.1 Å². The molecule has 1 heterocycles. The van der Waals surface area contributed by atoms with Crippen molar-refractivity contribution in [3.63, 3.8) is 0 Å². The van der Waals surface area contributed by atoms with Crippen LogP contribution in [0.1, 0.15) is 25.3 Å². The number of aliphatic hydroxyl groups excluding tert-OH is 1. The minimum Gasteiger partial charge on any atom is -0.393 e. The molecule has 0 aliphatic carbocycles. The van der Waals surface area contributed by atoms with Crippen molar-refractivity contribution in [2.75, 3.05) is 19.6 Å². The van der Waals surface area contributed by atoms with Crippen molar-refractivity contribution in [3.05, 3.63) is 34.3 Å². The topological polar surface area (TPSA) is 47.9 Å². The molecule has 0 unspecified atom stereocenters. The Bertz CT molecular complexity index is 439. The molecule has 0 radical (unpaired) electrons. The summed E-state index contributed by atoms with van der Waals surface area (Å²) in [5.74, 6) is 0.947. The molecule has 1 fully saturated rings. The number of hydrogen-bond donors (Lipinski definition) is 2. The number of rotatable bonds is 3. The first kappa shape index (κ1) is 15.3. The van der Waals surface area contributed by atoms with E-state index in [1.54, 1.807) is 0 Å². The summed E-state index contributed by atoms with van der Waals surface area (Å²) in [4.78, 5) is 6.93. The standard InChI is InChI=1S/C15H22BrN3O/c1-2-17-15(19-9-7-14(20)8-10-19)18-11-12-3-5-13(16)6-4-12/h3-6,14,20H,2,7-11H2,1H3,(H,17,18). The predicted octanol–water partition coefficient (Wildman–Crippen LogP) is 2.37. The Kier molecular flexibility index (Phi) is 5.86. The number of likely N-dealkylation sites (tertiary alicyclic amines) is 1. The molecular weight excluding hydrogens is 318 g/mol. The molecule has 2 N–H and O–H groups in total. The Hall–Kier alpha value is -1.07. The lowest BCUT2D eigenvalue weighted by Gasteiger charge is -2.32. The summed E-state index contributed by atoms with van der Waals surface area (Å²) < 4.78 is 1.09. The van der Waals surface area contributed by atoms with Gasteiger partial charge in [0.05, 0.1) is 12.6 Å². The van der Waals surface area contributed by atoms with E-state index in [1.165, 1.54) is 5.56 Å². The van der Waals surface area contributed by atoms with Gasteiger partial charge in [-0.3, -0.25) is 0 Å². The lowest BCUT2D eigenvalue weighted by molar-refractivity contribution is 0.108. The fraction of sp³-hybridized carbons (Fsp3) is 0.533. The van der Waals surface area contributed by atoms with E-state index < -0.39 is 0 Å². The molecule has 20 heavy (non-hydrogen) atoms. The number of halogens is 1. The van der Waals surface area contributed by atoms with Gasteiger partial charge in [0, 0.05) is 24.1 Å². The van der Waals surface area contributed by atoms with Crippen LogP contribution in [0, 0.1) is 0 Å². The Morgan fingerprint density at radius 1 is 1.35 bits per heavy atom. The fourth-order valence-electron chi connectivity index (χ4n) is 2.26. The summed E-state index contributed by atoms with van der Waals surface area (Å²) in [5.41, 5.74) is 1.20. The number of piperidine rings is 1. The van der Waals surface area contributed by atoms with Gasteiger partial charge in [-0.15, -0.1) is 0 Å². The molecule has 110 valence electrons. The average Bonchev–Trinajstić information content (AvgIpc) is 2.46. The third kappa shape index (κ3) is 4.49. The predicted molar refractivity (Wildman–Crippen MR) is 85.8 cm³/mol. The Balaban J connectivity index is 1.99. The molecule has 1 aromatic carbocycles. The molecule has 1 saturated heterocycles. The number of guanidine groups is 1. The Morgan fingerprint density at radius 3 is 2.60 bits per heavy atom. The molecule has 2 rings (SSSR count). The second-order valence-corrected chi connectivity index (χ2v) is 5.93. The smallest absolute Gasteiger partial charge is 0.194 e. The molecule has 0 atom stereocenters. The third-order valence-electron chi connectivity index (χ3n) is 3.42. The lowest BCUT2D eigenvalue weighted by Crippen LogP contribution is -2.46. The normalized spacial score (nSPS) is 17.4. The first-order valence-electron chi connectivity index (χ1n) is 7.15. The SMILES string of the molecule is CCNC(=NCc1ccc(Br)cc1)N1CCC(O)CC1. The van der Waals surface area contributed by atoms with Crippen LogP contribution in [0.15, 0.2) is 33.7 Å². The summed E-state index contributed by atoms with van der Waals surface area (Å²) in [6, 6.07) is 8.23. The second kappa shape index (κ2) is 7.64. The van der Waals surface area contributed by atoms with E-state index in [-0.39, 0.29) is 6.10 Å². The quantitative estimate of drug-likeness (QED) is 0.656. The van der Waals surface area contributed by atoms with Gasteiger partial charge in [0.1, 0.15) is 0 Å². The van der Waals surface area contributed by atoms with Gasteiger partial charge < -0.3 is 15.3 Å². The van der Waals surface area contributed by atoms with Crippen molar-refractivity contribution in [3.8, 4) is 0 Å². The number of nitrogens with one attached hydrogen (secondary N) is 1. The minimum absolute atomic E-state index is 0.152. The minimum atomic E-state index is -0.152. The molecule has 0 aromatic heterocycles. The fourth-order valence-corrected chi connectivity index (χ4v) is 2.52. The molecule has 1 aliphatic heterocycles. The van der Waals surface area contributed by atoms with Gasteiger partial charge in [0.2, 0.25) is 0 Å². The van der Waals surface area contributed by atoms with Gasteiger partial charge in [-0.2, -0.15) is 0 Å². The largest absolute Gasteiger partial charge is 0.393 e. The molecule has 5 heteroatoms. The maximum Gasteiger partial charge on any atom is 0.194 e. The van der Waals surface area contributed by atoms with Crippen LogP contribution >= 0.6 is 15.9 Å². The van der Waals surface area contributed by atoms with Crippen LogP contribution in [0.5, 0.6) is 0 Å². The van der Waals surface area contributed by atoms with E-state index in [2.05, 4.69) is 45.2 Å². The highest BCUT2D eigenvalue weighted by molar-refractivity contribution is 9.10. The Morgan fingerprint density at radius 2 is 2.00 bits per heavy atom. The molecule has 1 aromatic rings. The van der Waals surface area contributed by atoms with Gasteiger partial charge in [0.25, 0.3) is 0 Å². The summed E-state index contributed by atoms with van der Waals surface area (Å²) in [6.07, 6.45) is 1.49. The third-order valence-corrected chi connectivity index (χ3v) is 3.95. The summed E-state index contributed by atoms with van der Waals surface area (Å²) in [7, 11) is 0. The highest BCUT2D eigenvalue weighted by Crippen LogP contribution is 2.13. The maximum atomic E-state index is 9.58. The van der Waals surface area contributed by atoms with Gasteiger partial charge in [0.15, 0.2) is 5.96 Å². The van der Waals surface area contributed by atoms with Crippen LogP contribution in [-0.4, -0.2) is 41.7 Å². The van der Waals surface area contributed by atoms with Crippen molar-refractivity contribution in [1.29, 1.82) is 0 Å². The first-order valence-corrected chi connectivity index (χ1v) is 7.94. The molecule has 0 amide bonds. The van der Waals surface area contributed by atoms with Crippen molar-refractivity contribution < 1.29 is 5.11 Å². The number of aliphatic imine (C=N–C) groups is 1. The van der Waals surface area contributed by atoms with E-state index in [0.29, 0.717) is 6.54 Å². The zero-order valence-electron chi connectivity index (χ0n) is 11.8. The van der Waals surface area contributed by atoms with Crippen LogP contribution in [0.3, 0.4) is 0 Å². The van der Waals surface area contributed by atoms with Crippen LogP contribution in [-0.2, 0) is 6.54 Å². The van der Waals surface area contributed by atoms with E-state index in [4.69, 9.17) is 4.99 Å². The van der Waals surface area contributed by atoms with Crippen molar-refractivity contribution >= 4 is 21.9 Å². The van der Waals surface area contributed by atoms with Crippen molar-refractivity contribution in [1.82, 2.24) is 10.2 Å². The van der Waals surface area contributed by atoms with E-state index >= 15 is 0 Å². The Labute approximate surface area is 129 Å². The number of hydrogen-bond acceptors (Lipinski definition) is 2. The van der Waals surface area contributed by atoms with Crippen LogP contribution in [0.25, 0.3) is 0 Å². The number of aliphatic hydroxyl groups is 1. The zero-order valence-corrected chi connectivity index (χ0v) is 13.4. The summed E-state index contributed by atoms with van der Waals surface area (Å²) in [6.45, 7) is 5.35. The highest BCUT2D eigenvalue weighted by atomic mass is 79.9. The molecular formula is C15H22BrN3O. The zero-order chi connectivity index (χ0) is 14.4. The molecule has 0 spiro atoms. The van der Waals surface area contributed by atoms with Crippen LogP contribution in [0.4, 0.5) is 0 Å². The number of benzene rings is 1. The molecule has 1 aliphatic rings. The maximum absolute atomic E-state index is 9.58. The van der Waals surface area contributed by atoms with Gasteiger partial charge in [-0.05, 0) is 37.5 Å². The lowest BCUT2D eigenvalue weighted by atomic mass is 10.1. The molecule has 4 nitrogen and oxygen atoms in total. The van der Waals surface area contributed by atoms with Crippen molar-refractivity contribution in [2.24, 2.45) is 4.99 Å². The average molecular weight is 340 g/mol. The molecule has 0 bridgehead atoms. The highest BCUT2D eigenvalue weighted by Gasteiger charge is 2.19. The number of nitrogens with zero attached hydrogens (tertiary/aromatic N) is 2. The monoisotopic (exact) mass is 339 g/mol. The van der Waals surface area contributed by atoms with E-state index in [9.17, 15) is 5.11 Å². The van der Waals surface area contributed by atoms with Crippen LogP contribution < -0.4 is 5.32 Å². The van der Waals surface area contributed by atoms with Gasteiger partial charge in [-0.25, -0.2) is 4.99 Å². The van der Waals surface area contributed by atoms with Crippen LogP contribution in [0.2, 0.25) is 0 Å². The van der Waals surface area contributed by atoms with Gasteiger partial charge >= 0.3 is 0 Å². The van der Waals surface area contributed by atoms with Crippen molar-refractivity contribution in [2.45, 2.75) is 32.4 Å².